The molecule has 99 heavy (non-hydrogen) atoms. The average molecular weight is 1870 g/mol. The fourth-order valence-corrected chi connectivity index (χ4v) is 9.24. The summed E-state index contributed by atoms with van der Waals surface area (Å²) < 4.78 is 0. The van der Waals surface area contributed by atoms with Crippen LogP contribution < -0.4 is 64.4 Å². The zero-order chi connectivity index (χ0) is 69.0. The number of benzene rings is 6. The van der Waals surface area contributed by atoms with Gasteiger partial charge in [-0.1, -0.05) is 157 Å². The van der Waals surface area contributed by atoms with Crippen LogP contribution in [0.15, 0.2) is 218 Å². The molecule has 0 aliphatic carbocycles. The van der Waals surface area contributed by atoms with E-state index in [9.17, 15) is 9.90 Å². The second kappa shape index (κ2) is 47.0. The van der Waals surface area contributed by atoms with Crippen molar-refractivity contribution in [3.05, 3.63) is 304 Å². The first-order valence-corrected chi connectivity index (χ1v) is 31.1. The SMILES string of the molecule is CC(C)(C)C(=O)C=C(O)C(C)(C)C.Cc1cc(C)nc(-c2[c-]cccc2)c1.Cc1cc[c-]c(-c2cc(C)cc(C)n2)c1.Cc1cc[c-]c(-c2cc(C)cc(C)n2)c1.Cc1cccc(-c2cc(C)cc(C)n2)c1.O=CO[O-].[H-].[Ir].[Ir].[Ir].[Na+].[Na+].[c-]1ccc(-c2ccccc2)cc1-c1ccccn1. The van der Waals surface area contributed by atoms with Crippen molar-refractivity contribution in [2.45, 2.75) is 118 Å². The molecule has 11 rings (SSSR count). The fraction of sp³-hybridized carbons (Fsp3) is 0.226. The van der Waals surface area contributed by atoms with Crippen LogP contribution in [0.5, 0.6) is 0 Å². The Morgan fingerprint density at radius 3 is 1.19 bits per heavy atom. The first kappa shape index (κ1) is 92.7. The van der Waals surface area contributed by atoms with E-state index >= 15 is 0 Å². The molecule has 5 heterocycles. The van der Waals surface area contributed by atoms with Crippen LogP contribution in [-0.4, -0.2) is 42.3 Å². The van der Waals surface area contributed by atoms with Gasteiger partial charge >= 0.3 is 59.1 Å². The largest absolute Gasteiger partial charge is 1.00 e. The Bertz CT molecular complexity index is 3890. The number of carbonyl (C=O) groups is 2. The minimum absolute atomic E-state index is 0. The van der Waals surface area contributed by atoms with Gasteiger partial charge in [0.2, 0.25) is 0 Å². The van der Waals surface area contributed by atoms with E-state index in [1.165, 1.54) is 61.7 Å². The third-order valence-electron chi connectivity index (χ3n) is 13.8. The molecule has 0 spiro atoms. The van der Waals surface area contributed by atoms with E-state index in [2.05, 4.69) is 212 Å². The van der Waals surface area contributed by atoms with Gasteiger partial charge in [-0.15, -0.1) is 142 Å². The molecule has 0 saturated heterocycles. The maximum atomic E-state index is 11.5. The number of hydrogen-bond acceptors (Lipinski definition) is 10. The number of rotatable bonds is 8. The van der Waals surface area contributed by atoms with Gasteiger partial charge in [0.15, 0.2) is 5.78 Å². The van der Waals surface area contributed by atoms with E-state index in [-0.39, 0.29) is 144 Å². The van der Waals surface area contributed by atoms with Crippen LogP contribution in [0.25, 0.3) is 67.4 Å². The second-order valence-corrected chi connectivity index (χ2v) is 25.0. The Morgan fingerprint density at radius 1 is 0.404 bits per heavy atom. The van der Waals surface area contributed by atoms with Crippen molar-refractivity contribution in [3.8, 4) is 67.4 Å². The van der Waals surface area contributed by atoms with Gasteiger partial charge in [0.05, 0.1) is 5.69 Å². The number of aryl methyl sites for hydroxylation is 11. The molecule has 11 aromatic rings. The first-order valence-electron chi connectivity index (χ1n) is 31.1. The number of aliphatic hydroxyl groups is 1. The predicted molar refractivity (Wildman–Crippen MR) is 384 cm³/mol. The van der Waals surface area contributed by atoms with Gasteiger partial charge in [0, 0.05) is 112 Å². The van der Waals surface area contributed by atoms with Crippen LogP contribution in [0, 0.1) is 111 Å². The molecule has 0 atom stereocenters. The Hall–Kier alpha value is -6.34. The van der Waals surface area contributed by atoms with Gasteiger partial charge in [0.1, 0.15) is 5.76 Å². The quantitative estimate of drug-likeness (QED) is 0.0296. The van der Waals surface area contributed by atoms with E-state index in [1.54, 1.807) is 6.20 Å². The molecule has 0 fully saturated rings. The number of allylic oxidation sites excluding steroid dienone is 2. The van der Waals surface area contributed by atoms with Gasteiger partial charge in [-0.2, -0.15) is 0 Å². The van der Waals surface area contributed by atoms with Crippen LogP contribution in [0.1, 0.15) is 105 Å². The molecule has 0 aliphatic heterocycles. The smallest absolute Gasteiger partial charge is 1.00 e. The molecule has 0 unspecified atom stereocenters. The van der Waals surface area contributed by atoms with Crippen molar-refractivity contribution in [1.29, 1.82) is 0 Å². The minimum atomic E-state index is -0.417. The Balaban J connectivity index is 0. The van der Waals surface area contributed by atoms with Crippen LogP contribution in [0.4, 0.5) is 0 Å². The van der Waals surface area contributed by atoms with Crippen molar-refractivity contribution in [2.75, 3.05) is 0 Å². The standard InChI is InChI=1S/C17H12N.C14H15N.2C14H14N.C13H12N.C11H20O2.CH2O3.3Ir.2Na.H/c1-2-7-14(8-3-1)15-9-6-10-16(13-15)17-11-4-5-12-18-17;3*1-10-5-4-6-13(8-10)14-9-11(2)7-12(3)15-14;1-10-8-11(2)14-13(9-10)12-6-4-3-5-7-12;1-10(2,3)8(12)7-9(13)11(4,5)6;2-1-4-3;;;;;;/h1-9,11-13H;4-9H,1-3H3;2*4-5,7-9H,1-3H3;3-6,8-9H,1-2H3;7,12H,1-6H3;1,3H;;;;;;/q-1;;3*-1;;;;;;2*+1;-1/p-1. The maximum absolute atomic E-state index is 11.5. The van der Waals surface area contributed by atoms with Gasteiger partial charge in [-0.3, -0.25) is 14.6 Å². The third kappa shape index (κ3) is 34.3. The van der Waals surface area contributed by atoms with Crippen LogP contribution in [0.2, 0.25) is 0 Å². The number of aromatic nitrogens is 5. The van der Waals surface area contributed by atoms with Gasteiger partial charge in [-0.05, 0) is 139 Å². The van der Waals surface area contributed by atoms with Crippen LogP contribution in [-0.2, 0) is 74.8 Å². The van der Waals surface area contributed by atoms with Crippen molar-refractivity contribution in [1.82, 2.24) is 24.9 Å². The summed E-state index contributed by atoms with van der Waals surface area (Å²) in [7, 11) is 0. The molecule has 1 N–H and O–H groups in total. The van der Waals surface area contributed by atoms with Crippen molar-refractivity contribution in [3.63, 3.8) is 0 Å². The summed E-state index contributed by atoms with van der Waals surface area (Å²) in [4.78, 5) is 45.1. The van der Waals surface area contributed by atoms with E-state index < -0.39 is 5.41 Å². The number of nitrogens with zero attached hydrogens (tertiary/aromatic N) is 5. The van der Waals surface area contributed by atoms with Crippen LogP contribution >= 0.6 is 0 Å². The summed E-state index contributed by atoms with van der Waals surface area (Å²) in [5.74, 6) is 0.104. The minimum Gasteiger partial charge on any atom is -1.00 e. The number of hydrogen-bond donors (Lipinski definition) is 1. The molecule has 0 amide bonds. The Morgan fingerprint density at radius 2 is 0.798 bits per heavy atom. The second-order valence-electron chi connectivity index (χ2n) is 25.0. The molecule has 15 heteroatoms. The molecule has 10 nitrogen and oxygen atoms in total. The van der Waals surface area contributed by atoms with Crippen molar-refractivity contribution >= 4 is 12.3 Å². The summed E-state index contributed by atoms with van der Waals surface area (Å²) in [6.45, 7) is 33.7. The maximum Gasteiger partial charge on any atom is 1.00 e. The van der Waals surface area contributed by atoms with Gasteiger partial charge < -0.3 is 36.6 Å². The molecule has 6 aromatic carbocycles. The molecule has 0 aliphatic rings. The molecule has 513 valence electrons. The fourth-order valence-electron chi connectivity index (χ4n) is 9.24. The summed E-state index contributed by atoms with van der Waals surface area (Å²) in [6.07, 6.45) is 3.14. The van der Waals surface area contributed by atoms with Gasteiger partial charge in [-0.25, -0.2) is 0 Å². The summed E-state index contributed by atoms with van der Waals surface area (Å²) in [5.41, 5.74) is 25.1. The van der Waals surface area contributed by atoms with Gasteiger partial charge in [0.25, 0.3) is 6.47 Å². The average Bonchev–Trinajstić information content (AvgIpc) is 0.878. The molecule has 0 bridgehead atoms. The number of ketones is 1. The monoisotopic (exact) mass is 1870 g/mol. The topological polar surface area (TPSA) is 151 Å². The Labute approximate surface area is 676 Å². The van der Waals surface area contributed by atoms with E-state index in [4.69, 9.17) is 10.1 Å². The number of aliphatic hydroxyl groups excluding tert-OH is 1. The molecular formula is C84H89Ir3N5Na2O5-4. The third-order valence-corrected chi connectivity index (χ3v) is 13.8. The Kier molecular flexibility index (Phi) is 44.0. The zero-order valence-corrected chi connectivity index (χ0v) is 71.8. The van der Waals surface area contributed by atoms with Crippen molar-refractivity contribution < 1.29 is 146 Å². The summed E-state index contributed by atoms with van der Waals surface area (Å²) in [6, 6.07) is 80.6. The molecule has 3 radical (unpaired) electrons. The number of pyridine rings is 5. The normalized spacial score (nSPS) is 10.1. The van der Waals surface area contributed by atoms with E-state index in [0.717, 1.165) is 73.5 Å². The van der Waals surface area contributed by atoms with E-state index in [0.29, 0.717) is 0 Å². The molecular weight excluding hydrogens is 1780 g/mol. The molecule has 5 aromatic heterocycles. The molecule has 0 saturated carbocycles. The van der Waals surface area contributed by atoms with E-state index in [1.807, 2.05) is 160 Å². The van der Waals surface area contributed by atoms with Crippen LogP contribution in [0.3, 0.4) is 0 Å². The summed E-state index contributed by atoms with van der Waals surface area (Å²) in [5, 5.41) is 18.0. The zero-order valence-electron chi connectivity index (χ0n) is 61.6. The van der Waals surface area contributed by atoms with Crippen molar-refractivity contribution in [2.24, 2.45) is 10.8 Å². The number of carbonyl (C=O) groups excluding carboxylic acids is 2. The predicted octanol–water partition coefficient (Wildman–Crippen LogP) is 13.6. The first-order chi connectivity index (χ1) is 44.6. The summed E-state index contributed by atoms with van der Waals surface area (Å²) >= 11 is 0.